The summed E-state index contributed by atoms with van der Waals surface area (Å²) in [6, 6.07) is 12.3. The lowest BCUT2D eigenvalue weighted by Crippen LogP contribution is -2.05. The molecule has 0 aliphatic rings. The van der Waals surface area contributed by atoms with Crippen molar-refractivity contribution in [3.63, 3.8) is 0 Å². The van der Waals surface area contributed by atoms with Crippen molar-refractivity contribution in [2.45, 2.75) is 20.3 Å². The fourth-order valence-corrected chi connectivity index (χ4v) is 1.97. The third-order valence-electron chi connectivity index (χ3n) is 3.21. The first-order chi connectivity index (χ1) is 9.47. The number of Topliss-reactive ketones (excluding diaryl/α,β-unsaturated/α-hetero) is 1. The number of ketones is 1. The van der Waals surface area contributed by atoms with E-state index in [2.05, 4.69) is 0 Å². The van der Waals surface area contributed by atoms with Gasteiger partial charge in [-0.05, 0) is 19.4 Å². The molecule has 4 heteroatoms. The van der Waals surface area contributed by atoms with Gasteiger partial charge in [-0.3, -0.25) is 14.9 Å². The summed E-state index contributed by atoms with van der Waals surface area (Å²) in [6.07, 6.45) is 0.250. The maximum atomic E-state index is 12.2. The molecule has 0 aliphatic heterocycles. The summed E-state index contributed by atoms with van der Waals surface area (Å²) >= 11 is 0. The smallest absolute Gasteiger partial charge is 0.273 e. The van der Waals surface area contributed by atoms with Gasteiger partial charge < -0.3 is 0 Å². The molecule has 0 unspecified atom stereocenters. The van der Waals surface area contributed by atoms with E-state index in [-0.39, 0.29) is 17.9 Å². The fraction of sp³-hybridized carbons (Fsp3) is 0.188. The number of nitrogens with zero attached hydrogens (tertiary/aromatic N) is 1. The molecule has 4 nitrogen and oxygen atoms in total. The lowest BCUT2D eigenvalue weighted by Gasteiger charge is -2.04. The molecular formula is C16H15NO3. The molecule has 102 valence electrons. The predicted molar refractivity (Wildman–Crippen MR) is 77.0 cm³/mol. The Morgan fingerprint density at radius 2 is 1.75 bits per heavy atom. The molecular weight excluding hydrogens is 254 g/mol. The number of nitro benzene ring substituents is 1. The Kier molecular flexibility index (Phi) is 3.94. The zero-order valence-electron chi connectivity index (χ0n) is 11.4. The molecule has 2 aromatic rings. The lowest BCUT2D eigenvalue weighted by atomic mass is 10.0. The van der Waals surface area contributed by atoms with Crippen molar-refractivity contribution >= 4 is 11.5 Å². The van der Waals surface area contributed by atoms with Crippen LogP contribution in [0.4, 0.5) is 5.69 Å². The molecule has 0 N–H and O–H groups in total. The van der Waals surface area contributed by atoms with Crippen LogP contribution in [0.1, 0.15) is 27.0 Å². The summed E-state index contributed by atoms with van der Waals surface area (Å²) in [6.45, 7) is 3.64. The van der Waals surface area contributed by atoms with Crippen LogP contribution in [-0.4, -0.2) is 10.7 Å². The Bertz CT molecular complexity index is 660. The molecule has 2 aromatic carbocycles. The summed E-state index contributed by atoms with van der Waals surface area (Å²) in [5, 5.41) is 10.9. The molecule has 0 saturated carbocycles. The van der Waals surface area contributed by atoms with Gasteiger partial charge in [-0.25, -0.2) is 0 Å². The van der Waals surface area contributed by atoms with Crippen LogP contribution in [0.15, 0.2) is 42.5 Å². The van der Waals surface area contributed by atoms with E-state index in [9.17, 15) is 14.9 Å². The normalized spacial score (nSPS) is 10.3. The van der Waals surface area contributed by atoms with Crippen molar-refractivity contribution < 1.29 is 9.72 Å². The van der Waals surface area contributed by atoms with Gasteiger partial charge in [0.2, 0.25) is 0 Å². The van der Waals surface area contributed by atoms with E-state index in [0.29, 0.717) is 11.1 Å². The van der Waals surface area contributed by atoms with E-state index in [4.69, 9.17) is 0 Å². The number of hydrogen-bond donors (Lipinski definition) is 0. The van der Waals surface area contributed by atoms with Crippen LogP contribution in [0.2, 0.25) is 0 Å². The first-order valence-electron chi connectivity index (χ1n) is 6.31. The Labute approximate surface area is 117 Å². The van der Waals surface area contributed by atoms with E-state index in [0.717, 1.165) is 11.1 Å². The maximum Gasteiger partial charge on any atom is 0.273 e. The van der Waals surface area contributed by atoms with Gasteiger partial charge >= 0.3 is 0 Å². The molecule has 0 fully saturated rings. The van der Waals surface area contributed by atoms with Crippen LogP contribution in [0.25, 0.3) is 0 Å². The van der Waals surface area contributed by atoms with E-state index in [1.807, 2.05) is 31.2 Å². The quantitative estimate of drug-likeness (QED) is 0.483. The van der Waals surface area contributed by atoms with Crippen LogP contribution in [0.3, 0.4) is 0 Å². The van der Waals surface area contributed by atoms with Crippen molar-refractivity contribution in [2.75, 3.05) is 0 Å². The number of carbonyl (C=O) groups excluding carboxylic acids is 1. The third-order valence-corrected chi connectivity index (χ3v) is 3.21. The molecule has 20 heavy (non-hydrogen) atoms. The molecule has 0 radical (unpaired) electrons. The zero-order chi connectivity index (χ0) is 14.7. The summed E-state index contributed by atoms with van der Waals surface area (Å²) in [5.74, 6) is -0.114. The van der Waals surface area contributed by atoms with Crippen LogP contribution >= 0.6 is 0 Å². The second kappa shape index (κ2) is 5.65. The molecule has 0 spiro atoms. The highest BCUT2D eigenvalue weighted by Gasteiger charge is 2.15. The monoisotopic (exact) mass is 269 g/mol. The van der Waals surface area contributed by atoms with Crippen molar-refractivity contribution in [1.29, 1.82) is 0 Å². The molecule has 0 saturated heterocycles. The minimum Gasteiger partial charge on any atom is -0.294 e. The average molecular weight is 269 g/mol. The van der Waals surface area contributed by atoms with E-state index < -0.39 is 4.92 Å². The van der Waals surface area contributed by atoms with Crippen molar-refractivity contribution in [2.24, 2.45) is 0 Å². The van der Waals surface area contributed by atoms with E-state index >= 15 is 0 Å². The number of rotatable bonds is 4. The van der Waals surface area contributed by atoms with E-state index in [1.54, 1.807) is 19.1 Å². The van der Waals surface area contributed by atoms with Crippen LogP contribution in [-0.2, 0) is 6.42 Å². The first kappa shape index (κ1) is 13.9. The number of hydrogen-bond acceptors (Lipinski definition) is 3. The average Bonchev–Trinajstić information content (AvgIpc) is 2.41. The summed E-state index contributed by atoms with van der Waals surface area (Å²) < 4.78 is 0. The minimum atomic E-state index is -0.460. The van der Waals surface area contributed by atoms with Gasteiger partial charge in [-0.15, -0.1) is 0 Å². The summed E-state index contributed by atoms with van der Waals surface area (Å²) in [7, 11) is 0. The van der Waals surface area contributed by atoms with Gasteiger partial charge in [0, 0.05) is 23.6 Å². The van der Waals surface area contributed by atoms with Crippen molar-refractivity contribution in [3.8, 4) is 0 Å². The Balaban J connectivity index is 2.23. The molecule has 0 aromatic heterocycles. The van der Waals surface area contributed by atoms with Crippen molar-refractivity contribution in [1.82, 2.24) is 0 Å². The molecule has 0 atom stereocenters. The highest BCUT2D eigenvalue weighted by molar-refractivity contribution is 5.98. The number of carbonyl (C=O) groups is 1. The van der Waals surface area contributed by atoms with Gasteiger partial charge in [0.1, 0.15) is 0 Å². The second-order valence-electron chi connectivity index (χ2n) is 4.84. The number of aryl methyl sites for hydroxylation is 2. The lowest BCUT2D eigenvalue weighted by molar-refractivity contribution is -0.385. The molecule has 0 heterocycles. The minimum absolute atomic E-state index is 0.0141. The van der Waals surface area contributed by atoms with Crippen LogP contribution in [0, 0.1) is 24.0 Å². The van der Waals surface area contributed by atoms with Gasteiger partial charge in [-0.1, -0.05) is 42.0 Å². The number of nitro groups is 1. The largest absolute Gasteiger partial charge is 0.294 e. The standard InChI is InChI=1S/C16H15NO3/c1-11-3-6-13(7-4-11)9-16(18)14-8-5-12(2)15(10-14)17(19)20/h3-8,10H,9H2,1-2H3. The van der Waals surface area contributed by atoms with Gasteiger partial charge in [0.25, 0.3) is 5.69 Å². The zero-order valence-corrected chi connectivity index (χ0v) is 11.4. The Hall–Kier alpha value is -2.49. The third kappa shape index (κ3) is 3.09. The Morgan fingerprint density at radius 3 is 2.35 bits per heavy atom. The molecule has 2 rings (SSSR count). The maximum absolute atomic E-state index is 12.2. The SMILES string of the molecule is Cc1ccc(CC(=O)c2ccc(C)c([N+](=O)[O-])c2)cc1. The first-order valence-corrected chi connectivity index (χ1v) is 6.31. The second-order valence-corrected chi connectivity index (χ2v) is 4.84. The van der Waals surface area contributed by atoms with Crippen LogP contribution in [0.5, 0.6) is 0 Å². The van der Waals surface area contributed by atoms with Crippen LogP contribution < -0.4 is 0 Å². The number of benzene rings is 2. The highest BCUT2D eigenvalue weighted by atomic mass is 16.6. The highest BCUT2D eigenvalue weighted by Crippen LogP contribution is 2.20. The molecule has 0 aliphatic carbocycles. The summed E-state index contributed by atoms with van der Waals surface area (Å²) in [4.78, 5) is 22.6. The van der Waals surface area contributed by atoms with Gasteiger partial charge in [-0.2, -0.15) is 0 Å². The van der Waals surface area contributed by atoms with Gasteiger partial charge in [0.15, 0.2) is 5.78 Å². The predicted octanol–water partition coefficient (Wildman–Crippen LogP) is 3.64. The molecule has 0 bridgehead atoms. The fourth-order valence-electron chi connectivity index (χ4n) is 1.97. The topological polar surface area (TPSA) is 60.2 Å². The summed E-state index contributed by atoms with van der Waals surface area (Å²) in [5.41, 5.74) is 2.96. The van der Waals surface area contributed by atoms with Gasteiger partial charge in [0.05, 0.1) is 4.92 Å². The molecule has 0 amide bonds. The van der Waals surface area contributed by atoms with E-state index in [1.165, 1.54) is 6.07 Å². The van der Waals surface area contributed by atoms with Crippen molar-refractivity contribution in [3.05, 3.63) is 74.8 Å². The Morgan fingerprint density at radius 1 is 1.10 bits per heavy atom.